The van der Waals surface area contributed by atoms with E-state index >= 15 is 0 Å². The Labute approximate surface area is 267 Å². The van der Waals surface area contributed by atoms with Crippen molar-refractivity contribution in [3.8, 4) is 11.8 Å². The maximum Gasteiger partial charge on any atom is 0.337 e. The number of esters is 1. The minimum absolute atomic E-state index is 0.0157. The molecule has 6 unspecified atom stereocenters. The Morgan fingerprint density at radius 3 is 2.20 bits per heavy atom. The summed E-state index contributed by atoms with van der Waals surface area (Å²) in [6.07, 6.45) is 6.18. The van der Waals surface area contributed by atoms with E-state index in [9.17, 15) is 15.0 Å². The van der Waals surface area contributed by atoms with Gasteiger partial charge in [0.05, 0.1) is 37.6 Å². The lowest BCUT2D eigenvalue weighted by Crippen LogP contribution is -2.57. The Bertz CT molecular complexity index is 1550. The van der Waals surface area contributed by atoms with Gasteiger partial charge in [0.15, 0.2) is 5.79 Å². The molecule has 2 aromatic carbocycles. The summed E-state index contributed by atoms with van der Waals surface area (Å²) < 4.78 is 17.6. The quantitative estimate of drug-likeness (QED) is 0.229. The van der Waals surface area contributed by atoms with E-state index in [0.717, 1.165) is 56.1 Å². The second-order valence-electron chi connectivity index (χ2n) is 15.3. The van der Waals surface area contributed by atoms with E-state index in [-0.39, 0.29) is 28.8 Å². The molecule has 6 nitrogen and oxygen atoms in total. The van der Waals surface area contributed by atoms with Gasteiger partial charge in [0.2, 0.25) is 0 Å². The minimum Gasteiger partial charge on any atom is -0.465 e. The zero-order chi connectivity index (χ0) is 31.6. The monoisotopic (exact) mass is 610 g/mol. The molecular formula is C39H46O6. The number of benzene rings is 2. The van der Waals surface area contributed by atoms with Crippen LogP contribution in [0.4, 0.5) is 0 Å². The predicted octanol–water partition coefficient (Wildman–Crippen LogP) is 6.53. The average Bonchev–Trinajstić information content (AvgIpc) is 3.34. The van der Waals surface area contributed by atoms with Crippen molar-refractivity contribution >= 4 is 5.97 Å². The molecule has 45 heavy (non-hydrogen) atoms. The summed E-state index contributed by atoms with van der Waals surface area (Å²) in [6, 6.07) is 15.7. The van der Waals surface area contributed by atoms with Crippen molar-refractivity contribution in [2.45, 2.75) is 95.5 Å². The lowest BCUT2D eigenvalue weighted by molar-refractivity contribution is -0.322. The van der Waals surface area contributed by atoms with Crippen LogP contribution in [0.3, 0.4) is 0 Å². The Kier molecular flexibility index (Phi) is 7.56. The number of methoxy groups -OCH3 is 1. The first-order valence-electron chi connectivity index (χ1n) is 16.7. The number of fused-ring (bicyclic) bond motifs is 4. The first-order valence-corrected chi connectivity index (χ1v) is 16.7. The zero-order valence-corrected chi connectivity index (χ0v) is 27.0. The van der Waals surface area contributed by atoms with Gasteiger partial charge in [-0.25, -0.2) is 4.79 Å². The molecule has 2 aromatic rings. The van der Waals surface area contributed by atoms with Crippen LogP contribution in [0.5, 0.6) is 0 Å². The number of aliphatic hydroxyl groups is 2. The SMILES string of the molecule is COC(=O)c1ccc(C#Cc2ccc(C3CC4(C)C(O)CCC4C4CCC5(O)CC6(CCC5=C34)OCC(C)(C)CO6)cc2)cc1. The van der Waals surface area contributed by atoms with Gasteiger partial charge >= 0.3 is 5.97 Å². The number of ether oxygens (including phenoxy) is 3. The van der Waals surface area contributed by atoms with Crippen molar-refractivity contribution in [1.29, 1.82) is 0 Å². The largest absolute Gasteiger partial charge is 0.465 e. The maximum absolute atomic E-state index is 12.4. The number of aliphatic hydroxyl groups excluding tert-OH is 1. The van der Waals surface area contributed by atoms with E-state index < -0.39 is 11.4 Å². The summed E-state index contributed by atoms with van der Waals surface area (Å²) in [4.78, 5) is 11.7. The Hall–Kier alpha value is -2.95. The molecule has 4 fully saturated rings. The van der Waals surface area contributed by atoms with Gasteiger partial charge in [-0.3, -0.25) is 0 Å². The Morgan fingerprint density at radius 1 is 0.911 bits per heavy atom. The lowest BCUT2D eigenvalue weighted by atomic mass is 9.51. The number of allylic oxidation sites excluding steroid dienone is 1. The van der Waals surface area contributed by atoms with Gasteiger partial charge in [-0.1, -0.05) is 50.3 Å². The van der Waals surface area contributed by atoms with E-state index in [2.05, 4.69) is 56.9 Å². The zero-order valence-electron chi connectivity index (χ0n) is 27.0. The molecule has 6 heteroatoms. The van der Waals surface area contributed by atoms with Crippen LogP contribution in [0.25, 0.3) is 0 Å². The highest BCUT2D eigenvalue weighted by molar-refractivity contribution is 5.89. The second kappa shape index (κ2) is 11.1. The highest BCUT2D eigenvalue weighted by Crippen LogP contribution is 2.65. The summed E-state index contributed by atoms with van der Waals surface area (Å²) >= 11 is 0. The van der Waals surface area contributed by atoms with Crippen molar-refractivity contribution in [3.63, 3.8) is 0 Å². The van der Waals surface area contributed by atoms with Crippen LogP contribution in [0.15, 0.2) is 59.7 Å². The summed E-state index contributed by atoms with van der Waals surface area (Å²) in [5.41, 5.74) is 5.04. The summed E-state index contributed by atoms with van der Waals surface area (Å²) in [7, 11) is 1.37. The molecule has 0 bridgehead atoms. The predicted molar refractivity (Wildman–Crippen MR) is 171 cm³/mol. The second-order valence-corrected chi connectivity index (χ2v) is 15.3. The highest BCUT2D eigenvalue weighted by Gasteiger charge is 2.60. The van der Waals surface area contributed by atoms with E-state index in [1.54, 1.807) is 12.1 Å². The van der Waals surface area contributed by atoms with Crippen LogP contribution in [0.1, 0.15) is 105 Å². The topological polar surface area (TPSA) is 85.2 Å². The van der Waals surface area contributed by atoms with E-state index in [0.29, 0.717) is 37.0 Å². The van der Waals surface area contributed by atoms with Crippen molar-refractivity contribution < 1.29 is 29.2 Å². The van der Waals surface area contributed by atoms with Crippen LogP contribution in [-0.4, -0.2) is 54.0 Å². The highest BCUT2D eigenvalue weighted by atomic mass is 16.7. The van der Waals surface area contributed by atoms with Gasteiger partial charge in [0, 0.05) is 35.3 Å². The number of hydrogen-bond donors (Lipinski definition) is 2. The summed E-state index contributed by atoms with van der Waals surface area (Å²) in [6.45, 7) is 7.92. The van der Waals surface area contributed by atoms with Crippen molar-refractivity contribution in [3.05, 3.63) is 81.9 Å². The molecule has 7 rings (SSSR count). The molecule has 2 N–H and O–H groups in total. The van der Waals surface area contributed by atoms with Gasteiger partial charge in [0.1, 0.15) is 0 Å². The molecule has 1 heterocycles. The fraction of sp³-hybridized carbons (Fsp3) is 0.564. The van der Waals surface area contributed by atoms with Crippen LogP contribution in [-0.2, 0) is 14.2 Å². The number of carbonyl (C=O) groups is 1. The molecule has 0 aromatic heterocycles. The van der Waals surface area contributed by atoms with Crippen molar-refractivity contribution in [1.82, 2.24) is 0 Å². The number of hydrogen-bond acceptors (Lipinski definition) is 6. The minimum atomic E-state index is -0.927. The molecule has 6 atom stereocenters. The van der Waals surface area contributed by atoms with Crippen LogP contribution >= 0.6 is 0 Å². The maximum atomic E-state index is 12.4. The Morgan fingerprint density at radius 2 is 1.56 bits per heavy atom. The van der Waals surface area contributed by atoms with Gasteiger partial charge in [0.25, 0.3) is 0 Å². The van der Waals surface area contributed by atoms with Gasteiger partial charge in [-0.05, 0) is 103 Å². The molecular weight excluding hydrogens is 564 g/mol. The van der Waals surface area contributed by atoms with Crippen LogP contribution in [0, 0.1) is 34.5 Å². The third-order valence-corrected chi connectivity index (χ3v) is 11.8. The van der Waals surface area contributed by atoms with E-state index in [1.165, 1.54) is 23.8 Å². The lowest BCUT2D eigenvalue weighted by Gasteiger charge is -2.57. The fourth-order valence-corrected chi connectivity index (χ4v) is 9.27. The molecule has 5 aliphatic rings. The third-order valence-electron chi connectivity index (χ3n) is 11.8. The molecule has 1 saturated heterocycles. The first-order chi connectivity index (χ1) is 21.4. The third kappa shape index (κ3) is 5.36. The molecule has 1 aliphatic heterocycles. The van der Waals surface area contributed by atoms with Gasteiger partial charge < -0.3 is 24.4 Å². The molecule has 0 radical (unpaired) electrons. The fourth-order valence-electron chi connectivity index (χ4n) is 9.27. The van der Waals surface area contributed by atoms with Crippen LogP contribution in [0.2, 0.25) is 0 Å². The van der Waals surface area contributed by atoms with E-state index in [1.807, 2.05) is 12.1 Å². The Balaban J connectivity index is 1.20. The normalized spacial score (nSPS) is 34.6. The van der Waals surface area contributed by atoms with Gasteiger partial charge in [-0.2, -0.15) is 0 Å². The molecule has 0 amide bonds. The number of carbonyl (C=O) groups excluding carboxylic acids is 1. The summed E-state index contributed by atoms with van der Waals surface area (Å²) in [5, 5.41) is 23.6. The van der Waals surface area contributed by atoms with Gasteiger partial charge in [-0.15, -0.1) is 0 Å². The molecule has 4 aliphatic carbocycles. The average molecular weight is 611 g/mol. The first kappa shape index (κ1) is 30.7. The van der Waals surface area contributed by atoms with Crippen LogP contribution < -0.4 is 0 Å². The molecule has 1 spiro atoms. The molecule has 238 valence electrons. The van der Waals surface area contributed by atoms with Crippen molar-refractivity contribution in [2.24, 2.45) is 22.7 Å². The smallest absolute Gasteiger partial charge is 0.337 e. The summed E-state index contributed by atoms with van der Waals surface area (Å²) in [5.74, 6) is 6.35. The standard InChI is InChI=1S/C39H46O6/c1-36(2)23-44-39(45-24-36)20-18-32-34-29(17-19-38(32,42)22-39)31-15-16-33(40)37(31,3)21-30(34)27-11-7-25(8-12-27)5-6-26-9-13-28(14-10-26)35(41)43-4/h7-14,29-31,33,40,42H,15-24H2,1-4H3. The van der Waals surface area contributed by atoms with Crippen molar-refractivity contribution in [2.75, 3.05) is 20.3 Å². The van der Waals surface area contributed by atoms with E-state index in [4.69, 9.17) is 14.2 Å². The number of rotatable bonds is 2. The molecule has 3 saturated carbocycles.